The lowest BCUT2D eigenvalue weighted by Gasteiger charge is -2.34. The Morgan fingerprint density at radius 3 is 1.47 bits per heavy atom. The van der Waals surface area contributed by atoms with Crippen molar-refractivity contribution in [2.24, 2.45) is 10.8 Å². The molecule has 7 heteroatoms. The van der Waals surface area contributed by atoms with E-state index in [1.165, 1.54) is 12.2 Å². The first-order chi connectivity index (χ1) is 21.8. The summed E-state index contributed by atoms with van der Waals surface area (Å²) in [6.45, 7) is 19.1. The number of ketones is 2. The van der Waals surface area contributed by atoms with Crippen LogP contribution >= 0.6 is 0 Å². The second-order valence-electron chi connectivity index (χ2n) is 13.9. The maximum absolute atomic E-state index is 12.3. The summed E-state index contributed by atoms with van der Waals surface area (Å²) in [5, 5.41) is 31.8. The van der Waals surface area contributed by atoms with Gasteiger partial charge >= 0.3 is 0 Å². The van der Waals surface area contributed by atoms with E-state index in [9.17, 15) is 29.9 Å². The van der Waals surface area contributed by atoms with E-state index in [0.717, 1.165) is 27.9 Å². The number of carbonyl (C=O) groups is 2. The number of nitrogens with zero attached hydrogens (tertiary/aromatic N) is 1. The molecule has 47 heavy (non-hydrogen) atoms. The van der Waals surface area contributed by atoms with Crippen LogP contribution in [0.4, 0.5) is 0 Å². The molecule has 0 radical (unpaired) electrons. The normalized spacial score (nSPS) is 23.9. The zero-order chi connectivity index (χ0) is 35.7. The maximum atomic E-state index is 12.3. The zero-order valence-corrected chi connectivity index (χ0v) is 29.5. The summed E-state index contributed by atoms with van der Waals surface area (Å²) in [6.07, 6.45) is 22.5. The number of hydrogen-bond donors (Lipinski definition) is 2. The largest absolute Gasteiger partial charge is 0.385 e. The Bertz CT molecular complexity index is 1610. The van der Waals surface area contributed by atoms with Gasteiger partial charge in [0.05, 0.1) is 4.92 Å². The Morgan fingerprint density at radius 1 is 0.681 bits per heavy atom. The SMILES string of the molecule is CC1=C(/C=C/C(C)=C/C=C/C(C)=C\C=C(\C=C(C)/C=C/C=C(C)/C=C/C2=C(C)C(=O)[C@@H](O)CC2(C)C)[N+](=O)[O-])C(C)(C)C[C@H](O)C1=O. The highest BCUT2D eigenvalue weighted by Crippen LogP contribution is 2.40. The van der Waals surface area contributed by atoms with Gasteiger partial charge in [-0.1, -0.05) is 111 Å². The van der Waals surface area contributed by atoms with Crippen molar-refractivity contribution in [3.8, 4) is 0 Å². The Morgan fingerprint density at radius 2 is 1.06 bits per heavy atom. The summed E-state index contributed by atoms with van der Waals surface area (Å²) in [4.78, 5) is 35.8. The number of aliphatic hydroxyl groups is 2. The van der Waals surface area contributed by atoms with Crippen LogP contribution in [-0.4, -0.2) is 38.9 Å². The van der Waals surface area contributed by atoms with Gasteiger partial charge in [0.2, 0.25) is 0 Å². The van der Waals surface area contributed by atoms with Crippen molar-refractivity contribution in [3.05, 3.63) is 139 Å². The van der Waals surface area contributed by atoms with E-state index in [4.69, 9.17) is 0 Å². The van der Waals surface area contributed by atoms with Crippen molar-refractivity contribution < 1.29 is 24.7 Å². The van der Waals surface area contributed by atoms with E-state index >= 15 is 0 Å². The third kappa shape index (κ3) is 11.2. The summed E-state index contributed by atoms with van der Waals surface area (Å²) >= 11 is 0. The highest BCUT2D eigenvalue weighted by atomic mass is 16.6. The minimum absolute atomic E-state index is 0.0395. The fourth-order valence-corrected chi connectivity index (χ4v) is 5.81. The van der Waals surface area contributed by atoms with Gasteiger partial charge in [-0.25, -0.2) is 0 Å². The molecule has 0 saturated carbocycles. The van der Waals surface area contributed by atoms with Crippen LogP contribution in [-0.2, 0) is 9.59 Å². The van der Waals surface area contributed by atoms with Crippen molar-refractivity contribution in [2.75, 3.05) is 0 Å². The van der Waals surface area contributed by atoms with Crippen LogP contribution < -0.4 is 0 Å². The fraction of sp³-hybridized carbons (Fsp3) is 0.400. The molecule has 0 aromatic heterocycles. The first-order valence-corrected chi connectivity index (χ1v) is 15.9. The summed E-state index contributed by atoms with van der Waals surface area (Å²) in [7, 11) is 0. The van der Waals surface area contributed by atoms with Gasteiger partial charge in [0.1, 0.15) is 12.2 Å². The van der Waals surface area contributed by atoms with Crippen molar-refractivity contribution >= 4 is 11.6 Å². The van der Waals surface area contributed by atoms with Crippen LogP contribution in [0.3, 0.4) is 0 Å². The van der Waals surface area contributed by atoms with Crippen LogP contribution in [0, 0.1) is 20.9 Å². The minimum Gasteiger partial charge on any atom is -0.385 e. The average molecular weight is 642 g/mol. The predicted molar refractivity (Wildman–Crippen MR) is 191 cm³/mol. The molecule has 0 fully saturated rings. The van der Waals surface area contributed by atoms with Crippen LogP contribution in [0.2, 0.25) is 0 Å². The predicted octanol–water partition coefficient (Wildman–Crippen LogP) is 8.51. The first-order valence-electron chi connectivity index (χ1n) is 15.9. The molecule has 0 spiro atoms. The molecule has 2 rings (SSSR count). The number of allylic oxidation sites excluding steroid dienone is 19. The summed E-state index contributed by atoms with van der Waals surface area (Å²) in [5.41, 5.74) is 5.80. The number of Topliss-reactive ketones (excluding diaryl/α,β-unsaturated/α-hetero) is 2. The van der Waals surface area contributed by atoms with Gasteiger partial charge in [0.15, 0.2) is 11.6 Å². The van der Waals surface area contributed by atoms with Crippen LogP contribution in [0.1, 0.15) is 82.1 Å². The van der Waals surface area contributed by atoms with E-state index in [-0.39, 0.29) is 28.1 Å². The molecular weight excluding hydrogens is 590 g/mol. The molecule has 0 heterocycles. The second-order valence-corrected chi connectivity index (χ2v) is 13.9. The monoisotopic (exact) mass is 641 g/mol. The molecule has 2 N–H and O–H groups in total. The Labute approximate surface area is 280 Å². The molecule has 0 aromatic rings. The van der Waals surface area contributed by atoms with E-state index in [0.29, 0.717) is 29.6 Å². The lowest BCUT2D eigenvalue weighted by molar-refractivity contribution is -0.419. The molecule has 2 aliphatic carbocycles. The highest BCUT2D eigenvalue weighted by Gasteiger charge is 2.37. The van der Waals surface area contributed by atoms with Gasteiger partial charge in [0, 0.05) is 12.2 Å². The highest BCUT2D eigenvalue weighted by molar-refractivity contribution is 6.01. The number of rotatable bonds is 11. The minimum atomic E-state index is -0.958. The molecule has 0 saturated heterocycles. The number of aliphatic hydroxyl groups excluding tert-OH is 2. The Kier molecular flexibility index (Phi) is 13.7. The van der Waals surface area contributed by atoms with E-state index in [1.807, 2.05) is 103 Å². The van der Waals surface area contributed by atoms with Crippen molar-refractivity contribution in [1.82, 2.24) is 0 Å². The third-order valence-electron chi connectivity index (χ3n) is 8.58. The van der Waals surface area contributed by atoms with Crippen LogP contribution in [0.15, 0.2) is 129 Å². The molecule has 0 bridgehead atoms. The molecule has 0 unspecified atom stereocenters. The van der Waals surface area contributed by atoms with E-state index in [1.54, 1.807) is 32.9 Å². The number of nitro groups is 1. The van der Waals surface area contributed by atoms with Gasteiger partial charge in [-0.2, -0.15) is 0 Å². The molecule has 0 aliphatic heterocycles. The zero-order valence-electron chi connectivity index (χ0n) is 29.5. The van der Waals surface area contributed by atoms with Gasteiger partial charge in [-0.15, -0.1) is 0 Å². The molecule has 7 nitrogen and oxygen atoms in total. The lowest BCUT2D eigenvalue weighted by atomic mass is 9.71. The summed E-state index contributed by atoms with van der Waals surface area (Å²) < 4.78 is 0. The summed E-state index contributed by atoms with van der Waals surface area (Å²) in [5.74, 6) is -0.451. The average Bonchev–Trinajstić information content (AvgIpc) is 2.96. The topological polar surface area (TPSA) is 118 Å². The number of hydrogen-bond acceptors (Lipinski definition) is 6. The molecule has 252 valence electrons. The smallest absolute Gasteiger partial charge is 0.269 e. The van der Waals surface area contributed by atoms with Gasteiger partial charge < -0.3 is 10.2 Å². The van der Waals surface area contributed by atoms with Crippen molar-refractivity contribution in [2.45, 2.75) is 94.3 Å². The van der Waals surface area contributed by atoms with Crippen LogP contribution in [0.5, 0.6) is 0 Å². The molecule has 0 amide bonds. The summed E-state index contributed by atoms with van der Waals surface area (Å²) in [6, 6.07) is 0. The van der Waals surface area contributed by atoms with E-state index in [2.05, 4.69) is 0 Å². The Hall–Kier alpha value is -4.20. The molecule has 2 atom stereocenters. The van der Waals surface area contributed by atoms with E-state index < -0.39 is 17.1 Å². The number of carbonyl (C=O) groups excluding carboxylic acids is 2. The molecular formula is C40H51NO6. The maximum Gasteiger partial charge on any atom is 0.269 e. The fourth-order valence-electron chi connectivity index (χ4n) is 5.81. The van der Waals surface area contributed by atoms with Gasteiger partial charge in [0.25, 0.3) is 5.70 Å². The van der Waals surface area contributed by atoms with Crippen molar-refractivity contribution in [3.63, 3.8) is 0 Å². The first kappa shape index (κ1) is 39.0. The molecule has 0 aromatic carbocycles. The van der Waals surface area contributed by atoms with Gasteiger partial charge in [-0.05, 0) is 93.1 Å². The standard InChI is InChI=1S/C40H51NO6/c1-26(13-11-14-27(2)18-21-33-30(5)37(44)35(42)24-39(33,7)8)17-20-32(41(46)47)23-29(4)16-12-15-28(3)19-22-34-31(6)38(45)36(43)25-40(34,9)10/h11-23,35-36,42-43H,24-25H2,1-10H3/b13-11+,16-12+,21-18+,22-19+,26-17-,27-14+,28-15+,29-23-,32-20-/t35-,36-/m0/s1. The third-order valence-corrected chi connectivity index (χ3v) is 8.58. The lowest BCUT2D eigenvalue weighted by Crippen LogP contribution is -2.35. The molecule has 2 aliphatic rings. The quantitative estimate of drug-likeness (QED) is 0.133. The van der Waals surface area contributed by atoms with Crippen molar-refractivity contribution in [1.29, 1.82) is 0 Å². The van der Waals surface area contributed by atoms with Crippen LogP contribution in [0.25, 0.3) is 0 Å². The second kappa shape index (κ2) is 16.6. The van der Waals surface area contributed by atoms with Gasteiger partial charge in [-0.3, -0.25) is 19.7 Å². The Balaban J connectivity index is 2.11.